The fraction of sp³-hybridized carbons (Fsp3) is 0.250. The van der Waals surface area contributed by atoms with Crippen molar-refractivity contribution in [2.75, 3.05) is 11.1 Å². The molecule has 1 atom stereocenters. The van der Waals surface area contributed by atoms with Gasteiger partial charge in [0.25, 0.3) is 0 Å². The fourth-order valence-corrected chi connectivity index (χ4v) is 3.60. The van der Waals surface area contributed by atoms with Crippen LogP contribution in [0.4, 0.5) is 5.13 Å². The molecule has 136 valence electrons. The van der Waals surface area contributed by atoms with Crippen molar-refractivity contribution in [3.05, 3.63) is 46.7 Å². The number of ether oxygens (including phenoxy) is 1. The second-order valence-corrected chi connectivity index (χ2v) is 7.51. The van der Waals surface area contributed by atoms with E-state index in [1.54, 1.807) is 23.7 Å². The number of nitrogens with one attached hydrogen (secondary N) is 1. The number of carbonyl (C=O) groups excluding carboxylic acids is 1. The molecule has 2 aromatic heterocycles. The maximum Gasteiger partial charge on any atom is 0.236 e. The number of benzene rings is 1. The maximum absolute atomic E-state index is 12.0. The zero-order valence-electron chi connectivity index (χ0n) is 14.0. The van der Waals surface area contributed by atoms with Gasteiger partial charge in [-0.25, -0.2) is 4.98 Å². The molecule has 0 saturated carbocycles. The van der Waals surface area contributed by atoms with E-state index in [9.17, 15) is 4.79 Å². The van der Waals surface area contributed by atoms with E-state index in [0.29, 0.717) is 26.9 Å². The normalized spacial score (nSPS) is 12.0. The minimum absolute atomic E-state index is 0.144. The van der Waals surface area contributed by atoms with Crippen LogP contribution in [0.5, 0.6) is 5.75 Å². The van der Waals surface area contributed by atoms with E-state index in [1.165, 1.54) is 23.1 Å². The number of amides is 1. The third-order valence-corrected chi connectivity index (χ3v) is 5.40. The Labute approximate surface area is 163 Å². The lowest BCUT2D eigenvalue weighted by atomic mass is 10.3. The Kier molecular flexibility index (Phi) is 6.12. The van der Waals surface area contributed by atoms with Crippen LogP contribution in [0.3, 0.4) is 0 Å². The number of rotatable bonds is 7. The zero-order chi connectivity index (χ0) is 18.5. The van der Waals surface area contributed by atoms with Crippen LogP contribution in [0.2, 0.25) is 5.02 Å². The lowest BCUT2D eigenvalue weighted by Crippen LogP contribution is -2.14. The van der Waals surface area contributed by atoms with Crippen molar-refractivity contribution < 1.29 is 9.53 Å². The minimum Gasteiger partial charge on any atom is -0.481 e. The summed E-state index contributed by atoms with van der Waals surface area (Å²) in [6.45, 7) is 1.87. The van der Waals surface area contributed by atoms with E-state index in [4.69, 9.17) is 16.3 Å². The summed E-state index contributed by atoms with van der Waals surface area (Å²) in [5.74, 6) is 1.30. The van der Waals surface area contributed by atoms with Gasteiger partial charge < -0.3 is 14.6 Å². The van der Waals surface area contributed by atoms with Crippen LogP contribution in [-0.4, -0.2) is 31.4 Å². The van der Waals surface area contributed by atoms with E-state index < -0.39 is 0 Å². The molecule has 10 heteroatoms. The van der Waals surface area contributed by atoms with E-state index in [0.717, 1.165) is 0 Å². The highest BCUT2D eigenvalue weighted by molar-refractivity contribution is 7.99. The van der Waals surface area contributed by atoms with Crippen molar-refractivity contribution in [1.29, 1.82) is 0 Å². The molecule has 2 heterocycles. The number of thioether (sulfide) groups is 1. The highest BCUT2D eigenvalue weighted by Crippen LogP contribution is 2.29. The number of para-hydroxylation sites is 1. The molecular formula is C16H16ClN5O2S2. The summed E-state index contributed by atoms with van der Waals surface area (Å²) < 4.78 is 7.68. The molecule has 0 aliphatic carbocycles. The van der Waals surface area contributed by atoms with Gasteiger partial charge in [0.15, 0.2) is 22.2 Å². The van der Waals surface area contributed by atoms with E-state index in [-0.39, 0.29) is 17.8 Å². The molecule has 7 nitrogen and oxygen atoms in total. The predicted molar refractivity (Wildman–Crippen MR) is 103 cm³/mol. The van der Waals surface area contributed by atoms with Crippen molar-refractivity contribution in [3.63, 3.8) is 0 Å². The third kappa shape index (κ3) is 4.54. The van der Waals surface area contributed by atoms with Gasteiger partial charge in [0.05, 0.1) is 10.8 Å². The summed E-state index contributed by atoms with van der Waals surface area (Å²) >= 11 is 8.79. The molecule has 1 amide bonds. The van der Waals surface area contributed by atoms with Crippen molar-refractivity contribution >= 4 is 45.7 Å². The standard InChI is InChI=1S/C16H16ClN5O2S2/c1-10(24-12-6-4-3-5-11(12)17)14-20-21-16(22(14)2)26-9-13(23)19-15-18-7-8-25-15/h3-8,10H,9H2,1-2H3,(H,18,19,23)/t10-/m1/s1. The molecule has 3 aromatic rings. The summed E-state index contributed by atoms with van der Waals surface area (Å²) in [6, 6.07) is 7.26. The molecule has 0 spiro atoms. The smallest absolute Gasteiger partial charge is 0.236 e. The SMILES string of the molecule is C[C@@H](Oc1ccccc1Cl)c1nnc(SCC(=O)Nc2nccs2)n1C. The summed E-state index contributed by atoms with van der Waals surface area (Å²) in [6.07, 6.45) is 1.30. The van der Waals surface area contributed by atoms with Crippen molar-refractivity contribution in [3.8, 4) is 5.75 Å². The highest BCUT2D eigenvalue weighted by atomic mass is 35.5. The van der Waals surface area contributed by atoms with Crippen LogP contribution in [-0.2, 0) is 11.8 Å². The van der Waals surface area contributed by atoms with Gasteiger partial charge in [-0.1, -0.05) is 35.5 Å². The van der Waals surface area contributed by atoms with E-state index in [1.807, 2.05) is 30.7 Å². The van der Waals surface area contributed by atoms with Crippen LogP contribution in [0.1, 0.15) is 18.9 Å². The van der Waals surface area contributed by atoms with E-state index >= 15 is 0 Å². The third-order valence-electron chi connectivity index (χ3n) is 3.38. The summed E-state index contributed by atoms with van der Waals surface area (Å²) in [7, 11) is 1.84. The number of carbonyl (C=O) groups is 1. The first kappa shape index (κ1) is 18.7. The molecule has 1 aromatic carbocycles. The second-order valence-electron chi connectivity index (χ2n) is 5.26. The van der Waals surface area contributed by atoms with Crippen molar-refractivity contribution in [1.82, 2.24) is 19.7 Å². The Balaban J connectivity index is 1.60. The van der Waals surface area contributed by atoms with Gasteiger partial charge in [0.1, 0.15) is 5.75 Å². The van der Waals surface area contributed by atoms with Crippen LogP contribution in [0, 0.1) is 0 Å². The molecule has 0 fully saturated rings. The quantitative estimate of drug-likeness (QED) is 0.598. The van der Waals surface area contributed by atoms with Gasteiger partial charge in [-0.3, -0.25) is 4.79 Å². The average molecular weight is 410 g/mol. The minimum atomic E-state index is -0.342. The largest absolute Gasteiger partial charge is 0.481 e. The Morgan fingerprint density at radius 3 is 2.96 bits per heavy atom. The van der Waals surface area contributed by atoms with Gasteiger partial charge in [0.2, 0.25) is 5.91 Å². The first-order chi connectivity index (χ1) is 12.5. The first-order valence-electron chi connectivity index (χ1n) is 7.67. The summed E-state index contributed by atoms with van der Waals surface area (Å²) in [5.41, 5.74) is 0. The van der Waals surface area contributed by atoms with Crippen LogP contribution in [0.25, 0.3) is 0 Å². The monoisotopic (exact) mass is 409 g/mol. The molecule has 0 unspecified atom stereocenters. The number of thiazole rings is 1. The highest BCUT2D eigenvalue weighted by Gasteiger charge is 2.19. The first-order valence-corrected chi connectivity index (χ1v) is 9.91. The number of anilines is 1. The second kappa shape index (κ2) is 8.52. The summed E-state index contributed by atoms with van der Waals surface area (Å²) in [4.78, 5) is 16.0. The maximum atomic E-state index is 12.0. The van der Waals surface area contributed by atoms with Gasteiger partial charge >= 0.3 is 0 Å². The van der Waals surface area contributed by atoms with Crippen LogP contribution in [0.15, 0.2) is 41.0 Å². The van der Waals surface area contributed by atoms with E-state index in [2.05, 4.69) is 20.5 Å². The van der Waals surface area contributed by atoms with Crippen molar-refractivity contribution in [2.24, 2.45) is 7.05 Å². The molecule has 0 aliphatic heterocycles. The number of nitrogens with zero attached hydrogens (tertiary/aromatic N) is 4. The average Bonchev–Trinajstić information content (AvgIpc) is 3.25. The Bertz CT molecular complexity index is 885. The fourth-order valence-electron chi connectivity index (χ4n) is 2.16. The Morgan fingerprint density at radius 2 is 2.23 bits per heavy atom. The Hall–Kier alpha value is -2.10. The van der Waals surface area contributed by atoms with Gasteiger partial charge in [-0.2, -0.15) is 0 Å². The molecule has 0 radical (unpaired) electrons. The molecule has 0 saturated heterocycles. The number of aromatic nitrogens is 4. The van der Waals surface area contributed by atoms with Gasteiger partial charge in [-0.15, -0.1) is 21.5 Å². The molecular weight excluding hydrogens is 394 g/mol. The molecule has 0 aliphatic rings. The zero-order valence-corrected chi connectivity index (χ0v) is 16.4. The molecule has 26 heavy (non-hydrogen) atoms. The van der Waals surface area contributed by atoms with Gasteiger partial charge in [0, 0.05) is 18.6 Å². The number of hydrogen-bond donors (Lipinski definition) is 1. The number of halogens is 1. The number of hydrogen-bond acceptors (Lipinski definition) is 7. The molecule has 3 rings (SSSR count). The summed E-state index contributed by atoms with van der Waals surface area (Å²) in [5, 5.41) is 14.6. The molecule has 1 N–H and O–H groups in total. The Morgan fingerprint density at radius 1 is 1.42 bits per heavy atom. The lowest BCUT2D eigenvalue weighted by molar-refractivity contribution is -0.113. The van der Waals surface area contributed by atoms with Crippen LogP contribution < -0.4 is 10.1 Å². The lowest BCUT2D eigenvalue weighted by Gasteiger charge is -2.15. The molecule has 0 bridgehead atoms. The van der Waals surface area contributed by atoms with Crippen LogP contribution >= 0.6 is 34.7 Å². The van der Waals surface area contributed by atoms with Crippen molar-refractivity contribution in [2.45, 2.75) is 18.2 Å². The topological polar surface area (TPSA) is 81.9 Å². The van der Waals surface area contributed by atoms with Gasteiger partial charge in [-0.05, 0) is 19.1 Å². The predicted octanol–water partition coefficient (Wildman–Crippen LogP) is 3.80.